The molecule has 0 aliphatic rings. The summed E-state index contributed by atoms with van der Waals surface area (Å²) in [5.74, 6) is 0.358. The van der Waals surface area contributed by atoms with E-state index < -0.39 is 18.7 Å². The predicted molar refractivity (Wildman–Crippen MR) is 39.0 cm³/mol. The molecule has 1 unspecified atom stereocenters. The number of rotatable bonds is 3. The largest absolute Gasteiger partial charge is 0.392 e. The Kier molecular flexibility index (Phi) is 2.92. The van der Waals surface area contributed by atoms with Crippen LogP contribution in [0.25, 0.3) is 0 Å². The van der Waals surface area contributed by atoms with E-state index in [-0.39, 0.29) is 6.42 Å². The molecule has 0 radical (unpaired) electrons. The van der Waals surface area contributed by atoms with E-state index in [1.54, 1.807) is 0 Å². The second kappa shape index (κ2) is 3.78. The van der Waals surface area contributed by atoms with Crippen molar-refractivity contribution >= 4 is 0 Å². The summed E-state index contributed by atoms with van der Waals surface area (Å²) in [6.45, 7) is 0. The summed E-state index contributed by atoms with van der Waals surface area (Å²) < 4.78 is 35.2. The summed E-state index contributed by atoms with van der Waals surface area (Å²) in [6, 6.07) is 0. The highest BCUT2D eigenvalue weighted by molar-refractivity contribution is 4.89. The third kappa shape index (κ3) is 3.93. The van der Waals surface area contributed by atoms with Gasteiger partial charge in [-0.1, -0.05) is 0 Å². The van der Waals surface area contributed by atoms with Crippen LogP contribution in [-0.4, -0.2) is 27.4 Å². The van der Waals surface area contributed by atoms with Gasteiger partial charge in [-0.05, 0) is 0 Å². The van der Waals surface area contributed by atoms with Gasteiger partial charge >= 0.3 is 6.18 Å². The first-order valence-corrected chi connectivity index (χ1v) is 3.70. The normalized spacial score (nSPS) is 14.5. The van der Waals surface area contributed by atoms with Crippen molar-refractivity contribution in [3.05, 3.63) is 18.2 Å². The first-order valence-electron chi connectivity index (χ1n) is 3.70. The van der Waals surface area contributed by atoms with Gasteiger partial charge in [0, 0.05) is 18.8 Å². The van der Waals surface area contributed by atoms with Crippen LogP contribution >= 0.6 is 0 Å². The highest BCUT2D eigenvalue weighted by atomic mass is 19.4. The third-order valence-electron chi connectivity index (χ3n) is 1.45. The van der Waals surface area contributed by atoms with E-state index in [0.717, 1.165) is 0 Å². The van der Waals surface area contributed by atoms with Gasteiger partial charge in [0.15, 0.2) is 0 Å². The number of aliphatic hydroxyl groups is 1. The molecule has 0 bridgehead atoms. The molecule has 0 aromatic carbocycles. The van der Waals surface area contributed by atoms with Crippen molar-refractivity contribution in [3.8, 4) is 0 Å². The van der Waals surface area contributed by atoms with Gasteiger partial charge in [-0.3, -0.25) is 0 Å². The summed E-state index contributed by atoms with van der Waals surface area (Å²) in [7, 11) is 0. The third-order valence-corrected chi connectivity index (χ3v) is 1.45. The SMILES string of the molecule is OC(Cc1ncc[nH]1)CC(F)(F)F. The molecule has 13 heavy (non-hydrogen) atoms. The number of nitrogens with zero attached hydrogens (tertiary/aromatic N) is 1. The Morgan fingerprint density at radius 3 is 2.69 bits per heavy atom. The molecule has 0 aliphatic carbocycles. The summed E-state index contributed by atoms with van der Waals surface area (Å²) in [6.07, 6.45) is -4.14. The second-order valence-electron chi connectivity index (χ2n) is 2.71. The Hall–Kier alpha value is -1.04. The molecule has 6 heteroatoms. The van der Waals surface area contributed by atoms with E-state index in [1.165, 1.54) is 12.4 Å². The Balaban J connectivity index is 2.38. The molecule has 1 atom stereocenters. The van der Waals surface area contributed by atoms with Crippen LogP contribution in [0.15, 0.2) is 12.4 Å². The molecule has 1 rings (SSSR count). The van der Waals surface area contributed by atoms with Crippen molar-refractivity contribution in [3.63, 3.8) is 0 Å². The van der Waals surface area contributed by atoms with Crippen LogP contribution in [-0.2, 0) is 6.42 Å². The van der Waals surface area contributed by atoms with Crippen LogP contribution in [0.5, 0.6) is 0 Å². The molecular formula is C7H9F3N2O. The lowest BCUT2D eigenvalue weighted by molar-refractivity contribution is -0.153. The lowest BCUT2D eigenvalue weighted by Gasteiger charge is -2.11. The lowest BCUT2D eigenvalue weighted by Crippen LogP contribution is -2.21. The molecular weight excluding hydrogens is 185 g/mol. The number of alkyl halides is 3. The second-order valence-corrected chi connectivity index (χ2v) is 2.71. The van der Waals surface area contributed by atoms with E-state index in [4.69, 9.17) is 5.11 Å². The maximum Gasteiger partial charge on any atom is 0.391 e. The first-order chi connectivity index (χ1) is 5.97. The molecule has 2 N–H and O–H groups in total. The molecule has 0 aliphatic heterocycles. The van der Waals surface area contributed by atoms with Gasteiger partial charge in [-0.25, -0.2) is 4.98 Å². The minimum absolute atomic E-state index is 0.105. The fourth-order valence-electron chi connectivity index (χ4n) is 0.972. The quantitative estimate of drug-likeness (QED) is 0.761. The summed E-state index contributed by atoms with van der Waals surface area (Å²) in [5, 5.41) is 8.98. The molecule has 0 amide bonds. The molecule has 3 nitrogen and oxygen atoms in total. The van der Waals surface area contributed by atoms with Gasteiger partial charge in [0.25, 0.3) is 0 Å². The number of aromatic amines is 1. The Morgan fingerprint density at radius 2 is 2.23 bits per heavy atom. The Bertz CT molecular complexity index is 245. The number of H-pyrrole nitrogens is 1. The first kappa shape index (κ1) is 10.0. The van der Waals surface area contributed by atoms with Crippen LogP contribution in [0.3, 0.4) is 0 Å². The van der Waals surface area contributed by atoms with Crippen LogP contribution in [0.2, 0.25) is 0 Å². The summed E-state index contributed by atoms with van der Waals surface area (Å²) >= 11 is 0. The monoisotopic (exact) mass is 194 g/mol. The van der Waals surface area contributed by atoms with Gasteiger partial charge in [0.1, 0.15) is 5.82 Å². The number of imidazole rings is 1. The van der Waals surface area contributed by atoms with Crippen molar-refractivity contribution in [1.29, 1.82) is 0 Å². The zero-order valence-electron chi connectivity index (χ0n) is 6.67. The average Bonchev–Trinajstić information content (AvgIpc) is 2.34. The van der Waals surface area contributed by atoms with Gasteiger partial charge in [0.2, 0.25) is 0 Å². The fraction of sp³-hybridized carbons (Fsp3) is 0.571. The van der Waals surface area contributed by atoms with Crippen molar-refractivity contribution in [2.75, 3.05) is 0 Å². The smallest absolute Gasteiger partial charge is 0.391 e. The number of aliphatic hydroxyl groups excluding tert-OH is 1. The Labute approximate surface area is 72.6 Å². The number of hydrogen-bond acceptors (Lipinski definition) is 2. The van der Waals surface area contributed by atoms with Crippen LogP contribution in [0.1, 0.15) is 12.2 Å². The lowest BCUT2D eigenvalue weighted by atomic mass is 10.2. The van der Waals surface area contributed by atoms with Gasteiger partial charge in [-0.15, -0.1) is 0 Å². The van der Waals surface area contributed by atoms with Crippen LogP contribution in [0, 0.1) is 0 Å². The molecule has 0 fully saturated rings. The average molecular weight is 194 g/mol. The summed E-state index contributed by atoms with van der Waals surface area (Å²) in [4.78, 5) is 6.32. The molecule has 1 heterocycles. The minimum Gasteiger partial charge on any atom is -0.392 e. The maximum atomic E-state index is 11.7. The van der Waals surface area contributed by atoms with E-state index in [2.05, 4.69) is 9.97 Å². The minimum atomic E-state index is -4.33. The van der Waals surface area contributed by atoms with Gasteiger partial charge in [-0.2, -0.15) is 13.2 Å². The van der Waals surface area contributed by atoms with Crippen LogP contribution < -0.4 is 0 Å². The highest BCUT2D eigenvalue weighted by Crippen LogP contribution is 2.22. The topological polar surface area (TPSA) is 48.9 Å². The van der Waals surface area contributed by atoms with E-state index in [9.17, 15) is 13.2 Å². The van der Waals surface area contributed by atoms with Crippen molar-refractivity contribution < 1.29 is 18.3 Å². The maximum absolute atomic E-state index is 11.7. The zero-order chi connectivity index (χ0) is 9.90. The molecule has 0 saturated heterocycles. The van der Waals surface area contributed by atoms with E-state index in [0.29, 0.717) is 5.82 Å². The van der Waals surface area contributed by atoms with Crippen LogP contribution in [0.4, 0.5) is 13.2 Å². The van der Waals surface area contributed by atoms with Gasteiger partial charge < -0.3 is 10.1 Å². The van der Waals surface area contributed by atoms with Crippen molar-refractivity contribution in [1.82, 2.24) is 9.97 Å². The standard InChI is InChI=1S/C7H9F3N2O/c8-7(9,10)4-5(13)3-6-11-1-2-12-6/h1-2,5,13H,3-4H2,(H,11,12). The van der Waals surface area contributed by atoms with E-state index >= 15 is 0 Å². The molecule has 74 valence electrons. The number of hydrogen-bond donors (Lipinski definition) is 2. The number of halogens is 3. The number of aromatic nitrogens is 2. The Morgan fingerprint density at radius 1 is 1.54 bits per heavy atom. The summed E-state index contributed by atoms with van der Waals surface area (Å²) in [5.41, 5.74) is 0. The fourth-order valence-corrected chi connectivity index (χ4v) is 0.972. The zero-order valence-corrected chi connectivity index (χ0v) is 6.67. The molecule has 1 aromatic rings. The van der Waals surface area contributed by atoms with Crippen molar-refractivity contribution in [2.24, 2.45) is 0 Å². The molecule has 1 aromatic heterocycles. The highest BCUT2D eigenvalue weighted by Gasteiger charge is 2.31. The number of nitrogens with one attached hydrogen (secondary N) is 1. The predicted octanol–water partition coefficient (Wildman–Crippen LogP) is 1.27. The van der Waals surface area contributed by atoms with E-state index in [1.807, 2.05) is 0 Å². The van der Waals surface area contributed by atoms with Crippen molar-refractivity contribution in [2.45, 2.75) is 25.1 Å². The molecule has 0 spiro atoms. The molecule has 0 saturated carbocycles. The van der Waals surface area contributed by atoms with Gasteiger partial charge in [0.05, 0.1) is 12.5 Å².